The van der Waals surface area contributed by atoms with Crippen LogP contribution in [0, 0.1) is 5.82 Å². The Morgan fingerprint density at radius 1 is 1.19 bits per heavy atom. The number of methoxy groups -OCH3 is 1. The molecule has 3 aromatic rings. The van der Waals surface area contributed by atoms with Gasteiger partial charge >= 0.3 is 0 Å². The fourth-order valence-corrected chi connectivity index (χ4v) is 3.12. The first-order valence-corrected chi connectivity index (χ1v) is 8.69. The van der Waals surface area contributed by atoms with Crippen LogP contribution in [-0.2, 0) is 17.8 Å². The van der Waals surface area contributed by atoms with Crippen LogP contribution < -0.4 is 10.5 Å². The second-order valence-corrected chi connectivity index (χ2v) is 6.48. The molecule has 0 spiro atoms. The van der Waals surface area contributed by atoms with E-state index in [0.717, 1.165) is 4.90 Å². The summed E-state index contributed by atoms with van der Waals surface area (Å²) in [4.78, 5) is 20.6. The number of hydrogen-bond acceptors (Lipinski definition) is 3. The molecule has 2 N–H and O–H groups in total. The molecule has 0 bridgehead atoms. The summed E-state index contributed by atoms with van der Waals surface area (Å²) >= 11 is 6.16. The maximum absolute atomic E-state index is 14.1. The second kappa shape index (κ2) is 8.40. The molecule has 26 heavy (non-hydrogen) atoms. The summed E-state index contributed by atoms with van der Waals surface area (Å²) in [5.41, 5.74) is 0.908. The lowest BCUT2D eigenvalue weighted by molar-refractivity contribution is -0.928. The van der Waals surface area contributed by atoms with Crippen LogP contribution in [-0.4, -0.2) is 30.2 Å². The van der Waals surface area contributed by atoms with Crippen molar-refractivity contribution in [3.8, 4) is 0 Å². The first-order valence-electron chi connectivity index (χ1n) is 8.32. The van der Waals surface area contributed by atoms with Gasteiger partial charge in [0.15, 0.2) is 5.82 Å². The van der Waals surface area contributed by atoms with Crippen molar-refractivity contribution < 1.29 is 14.0 Å². The van der Waals surface area contributed by atoms with Crippen molar-refractivity contribution in [2.45, 2.75) is 13.1 Å². The predicted molar refractivity (Wildman–Crippen MR) is 98.9 cm³/mol. The number of aromatic nitrogens is 2. The second-order valence-electron chi connectivity index (χ2n) is 6.08. The summed E-state index contributed by atoms with van der Waals surface area (Å²) < 4.78 is 19.3. The number of H-pyrrole nitrogens is 1. The molecule has 3 rings (SSSR count). The van der Waals surface area contributed by atoms with Gasteiger partial charge in [-0.1, -0.05) is 29.8 Å². The average molecular weight is 377 g/mol. The van der Waals surface area contributed by atoms with Gasteiger partial charge in [-0.2, -0.15) is 0 Å². The summed E-state index contributed by atoms with van der Waals surface area (Å²) in [5, 5.41) is 0.937. The van der Waals surface area contributed by atoms with E-state index in [9.17, 15) is 9.18 Å². The van der Waals surface area contributed by atoms with E-state index in [1.807, 2.05) is 6.07 Å². The Hall–Kier alpha value is -2.28. The van der Waals surface area contributed by atoms with Crippen LogP contribution in [0.15, 0.2) is 47.3 Å². The van der Waals surface area contributed by atoms with Gasteiger partial charge in [0.25, 0.3) is 5.56 Å². The Labute approximate surface area is 155 Å². The highest BCUT2D eigenvalue weighted by atomic mass is 35.5. The molecule has 0 aliphatic carbocycles. The van der Waals surface area contributed by atoms with E-state index in [-0.39, 0.29) is 11.4 Å². The summed E-state index contributed by atoms with van der Waals surface area (Å²) in [7, 11) is 1.61. The topological polar surface area (TPSA) is 59.4 Å². The number of halogens is 2. The van der Waals surface area contributed by atoms with Crippen molar-refractivity contribution in [3.05, 3.63) is 75.0 Å². The van der Waals surface area contributed by atoms with E-state index in [4.69, 9.17) is 16.3 Å². The van der Waals surface area contributed by atoms with Crippen molar-refractivity contribution in [2.24, 2.45) is 0 Å². The normalized spacial score (nSPS) is 12.4. The van der Waals surface area contributed by atoms with Crippen LogP contribution in [0.5, 0.6) is 0 Å². The van der Waals surface area contributed by atoms with E-state index in [1.54, 1.807) is 37.4 Å². The van der Waals surface area contributed by atoms with Gasteiger partial charge in [-0.05, 0) is 24.3 Å². The Balaban J connectivity index is 1.88. The van der Waals surface area contributed by atoms with Crippen molar-refractivity contribution >= 4 is 22.5 Å². The van der Waals surface area contributed by atoms with Gasteiger partial charge in [0, 0.05) is 7.11 Å². The lowest BCUT2D eigenvalue weighted by atomic mass is 10.2. The molecule has 1 heterocycles. The zero-order valence-electron chi connectivity index (χ0n) is 14.4. The number of aromatic amines is 1. The molecule has 1 aromatic heterocycles. The van der Waals surface area contributed by atoms with Crippen molar-refractivity contribution in [3.63, 3.8) is 0 Å². The number of fused-ring (bicyclic) bond motifs is 1. The van der Waals surface area contributed by atoms with Gasteiger partial charge in [-0.3, -0.25) is 4.79 Å². The third-order valence-corrected chi connectivity index (χ3v) is 4.58. The van der Waals surface area contributed by atoms with E-state index >= 15 is 0 Å². The number of hydrogen-bond donors (Lipinski definition) is 2. The number of para-hydroxylation sites is 1. The van der Waals surface area contributed by atoms with Gasteiger partial charge < -0.3 is 14.6 Å². The fourth-order valence-electron chi connectivity index (χ4n) is 2.89. The minimum absolute atomic E-state index is 0.180. The van der Waals surface area contributed by atoms with Crippen LogP contribution in [0.1, 0.15) is 11.4 Å². The Kier molecular flexibility index (Phi) is 5.98. The molecule has 0 aliphatic heterocycles. The minimum atomic E-state index is -0.340. The lowest BCUT2D eigenvalue weighted by Crippen LogP contribution is -3.10. The predicted octanol–water partition coefficient (Wildman–Crippen LogP) is 1.95. The molecule has 1 atom stereocenters. The minimum Gasteiger partial charge on any atom is -0.379 e. The summed E-state index contributed by atoms with van der Waals surface area (Å²) in [6.07, 6.45) is 0. The Morgan fingerprint density at radius 3 is 2.77 bits per heavy atom. The molecular formula is C19H20ClFN3O2+. The molecular weight excluding hydrogens is 357 g/mol. The highest BCUT2D eigenvalue weighted by Gasteiger charge is 2.17. The fraction of sp³-hybridized carbons (Fsp3) is 0.263. The zero-order chi connectivity index (χ0) is 18.5. The molecule has 0 saturated carbocycles. The van der Waals surface area contributed by atoms with Crippen molar-refractivity contribution in [2.75, 3.05) is 20.3 Å². The standard InChI is InChI=1S/C19H19ClFN3O2/c1-26-10-9-24(11-14-15(20)6-4-7-16(14)21)12-18-22-17-8-3-2-5-13(17)19(25)23-18/h2-8H,9-12H2,1H3,(H,22,23,25)/p+1. The lowest BCUT2D eigenvalue weighted by Gasteiger charge is -2.20. The summed E-state index contributed by atoms with van der Waals surface area (Å²) in [5.74, 6) is 0.208. The molecule has 0 fully saturated rings. The highest BCUT2D eigenvalue weighted by molar-refractivity contribution is 6.31. The molecule has 0 radical (unpaired) electrons. The smallest absolute Gasteiger partial charge is 0.258 e. The van der Waals surface area contributed by atoms with Crippen LogP contribution in [0.4, 0.5) is 4.39 Å². The third-order valence-electron chi connectivity index (χ3n) is 4.23. The van der Waals surface area contributed by atoms with E-state index in [1.165, 1.54) is 6.07 Å². The van der Waals surface area contributed by atoms with Crippen LogP contribution in [0.3, 0.4) is 0 Å². The highest BCUT2D eigenvalue weighted by Crippen LogP contribution is 2.17. The number of ether oxygens (including phenoxy) is 1. The Morgan fingerprint density at radius 2 is 2.00 bits per heavy atom. The van der Waals surface area contributed by atoms with Gasteiger partial charge in [-0.25, -0.2) is 9.37 Å². The quantitative estimate of drug-likeness (QED) is 0.662. The zero-order valence-corrected chi connectivity index (χ0v) is 15.1. The van der Waals surface area contributed by atoms with Gasteiger partial charge in [0.2, 0.25) is 0 Å². The number of nitrogens with zero attached hydrogens (tertiary/aromatic N) is 1. The summed E-state index contributed by atoms with van der Waals surface area (Å²) in [6.45, 7) is 1.91. The van der Waals surface area contributed by atoms with E-state index in [0.29, 0.717) is 53.6 Å². The molecule has 5 nitrogen and oxygen atoms in total. The maximum atomic E-state index is 14.1. The van der Waals surface area contributed by atoms with Gasteiger partial charge in [-0.15, -0.1) is 0 Å². The van der Waals surface area contributed by atoms with E-state index in [2.05, 4.69) is 9.97 Å². The number of quaternary nitrogens is 1. The van der Waals surface area contributed by atoms with Gasteiger partial charge in [0.05, 0.1) is 28.1 Å². The largest absolute Gasteiger partial charge is 0.379 e. The average Bonchev–Trinajstić information content (AvgIpc) is 2.62. The molecule has 0 amide bonds. The third kappa shape index (κ3) is 4.27. The Bertz CT molecular complexity index is 941. The van der Waals surface area contributed by atoms with Gasteiger partial charge in [0.1, 0.15) is 25.5 Å². The monoisotopic (exact) mass is 376 g/mol. The molecule has 1 unspecified atom stereocenters. The summed E-state index contributed by atoms with van der Waals surface area (Å²) in [6, 6.07) is 11.8. The first-order chi connectivity index (χ1) is 12.6. The molecule has 0 aliphatic rings. The molecule has 0 saturated heterocycles. The van der Waals surface area contributed by atoms with Crippen LogP contribution in [0.2, 0.25) is 5.02 Å². The number of benzene rings is 2. The SMILES string of the molecule is COCC[NH+](Cc1nc2ccccc2c(=O)[nH]1)Cc1c(F)cccc1Cl. The van der Waals surface area contributed by atoms with Crippen molar-refractivity contribution in [1.82, 2.24) is 9.97 Å². The van der Waals surface area contributed by atoms with Crippen LogP contribution >= 0.6 is 11.6 Å². The molecule has 7 heteroatoms. The van der Waals surface area contributed by atoms with Crippen molar-refractivity contribution in [1.29, 1.82) is 0 Å². The number of nitrogens with one attached hydrogen (secondary N) is 2. The first kappa shape index (κ1) is 18.5. The maximum Gasteiger partial charge on any atom is 0.258 e. The van der Waals surface area contributed by atoms with E-state index < -0.39 is 0 Å². The molecule has 136 valence electrons. The number of rotatable bonds is 7. The molecule has 2 aromatic carbocycles. The van der Waals surface area contributed by atoms with Crippen LogP contribution in [0.25, 0.3) is 10.9 Å².